The molecular formula is C17H19F3N4O. The van der Waals surface area contributed by atoms with Crippen LogP contribution in [0.15, 0.2) is 36.7 Å². The Morgan fingerprint density at radius 2 is 1.88 bits per heavy atom. The van der Waals surface area contributed by atoms with E-state index in [2.05, 4.69) is 15.2 Å². The molecule has 5 nitrogen and oxygen atoms in total. The molecule has 0 radical (unpaired) electrons. The molecule has 0 saturated heterocycles. The van der Waals surface area contributed by atoms with Crippen LogP contribution in [0.25, 0.3) is 17.0 Å². The van der Waals surface area contributed by atoms with Crippen molar-refractivity contribution in [2.24, 2.45) is 0 Å². The summed E-state index contributed by atoms with van der Waals surface area (Å²) in [6.07, 6.45) is -2.01. The number of rotatable bonds is 4. The number of alkyl halides is 3. The van der Waals surface area contributed by atoms with Crippen LogP contribution in [0, 0.1) is 6.92 Å². The van der Waals surface area contributed by atoms with Gasteiger partial charge in [-0.1, -0.05) is 19.9 Å². The van der Waals surface area contributed by atoms with Gasteiger partial charge in [0.15, 0.2) is 11.5 Å². The molecule has 0 spiro atoms. The first kappa shape index (κ1) is 18.7. The predicted molar refractivity (Wildman–Crippen MR) is 88.5 cm³/mol. The number of fused-ring (bicyclic) bond motifs is 1. The van der Waals surface area contributed by atoms with E-state index in [4.69, 9.17) is 4.74 Å². The van der Waals surface area contributed by atoms with Gasteiger partial charge in [-0.3, -0.25) is 4.40 Å². The van der Waals surface area contributed by atoms with Crippen molar-refractivity contribution in [3.63, 3.8) is 0 Å². The number of nitrogens with zero attached hydrogens (tertiary/aromatic N) is 4. The van der Waals surface area contributed by atoms with Crippen LogP contribution < -0.4 is 4.74 Å². The van der Waals surface area contributed by atoms with Crippen LogP contribution in [0.2, 0.25) is 0 Å². The zero-order chi connectivity index (χ0) is 18.4. The molecular weight excluding hydrogens is 333 g/mol. The summed E-state index contributed by atoms with van der Waals surface area (Å²) in [6.45, 7) is 5.43. The van der Waals surface area contributed by atoms with Crippen molar-refractivity contribution in [3.05, 3.63) is 42.2 Å². The van der Waals surface area contributed by atoms with Crippen molar-refractivity contribution in [1.82, 2.24) is 19.6 Å². The van der Waals surface area contributed by atoms with E-state index in [9.17, 15) is 13.2 Å². The highest BCUT2D eigenvalue weighted by Gasteiger charge is 2.27. The van der Waals surface area contributed by atoms with Crippen LogP contribution in [0.3, 0.4) is 0 Å². The molecule has 3 rings (SSSR count). The molecule has 0 atom stereocenters. The van der Waals surface area contributed by atoms with E-state index in [1.54, 1.807) is 16.5 Å². The molecule has 0 aliphatic rings. The van der Waals surface area contributed by atoms with Gasteiger partial charge in [-0.15, -0.1) is 10.2 Å². The van der Waals surface area contributed by atoms with E-state index in [-0.39, 0.29) is 5.88 Å². The lowest BCUT2D eigenvalue weighted by molar-refractivity contribution is -0.139. The average Bonchev–Trinajstić information content (AvgIpc) is 2.99. The molecule has 0 bridgehead atoms. The van der Waals surface area contributed by atoms with E-state index in [1.165, 1.54) is 6.20 Å². The topological polar surface area (TPSA) is 52.3 Å². The smallest absolute Gasteiger partial charge is 0.392 e. The predicted octanol–water partition coefficient (Wildman–Crippen LogP) is 4.46. The maximum atomic E-state index is 12.3. The minimum Gasteiger partial charge on any atom is -0.477 e. The third-order valence-corrected chi connectivity index (χ3v) is 3.19. The van der Waals surface area contributed by atoms with Crippen LogP contribution in [-0.2, 0) is 0 Å². The summed E-state index contributed by atoms with van der Waals surface area (Å²) < 4.78 is 43.7. The number of aryl methyl sites for hydroxylation is 1. The molecule has 3 aromatic rings. The first-order valence-electron chi connectivity index (χ1n) is 7.90. The molecule has 0 N–H and O–H groups in total. The SMILES string of the molecule is CC.Cc1ccc2nnc(-c3cccnc3OCCC(F)(F)F)n2c1. The largest absolute Gasteiger partial charge is 0.477 e. The van der Waals surface area contributed by atoms with Crippen molar-refractivity contribution >= 4 is 5.65 Å². The van der Waals surface area contributed by atoms with Gasteiger partial charge < -0.3 is 4.74 Å². The average molecular weight is 352 g/mol. The van der Waals surface area contributed by atoms with E-state index in [0.29, 0.717) is 17.0 Å². The number of aromatic nitrogens is 4. The minimum absolute atomic E-state index is 0.104. The molecule has 3 aromatic heterocycles. The third kappa shape index (κ3) is 4.68. The Hall–Kier alpha value is -2.64. The molecule has 8 heteroatoms. The first-order valence-corrected chi connectivity index (χ1v) is 7.90. The first-order chi connectivity index (χ1) is 11.9. The van der Waals surface area contributed by atoms with Gasteiger partial charge >= 0.3 is 6.18 Å². The number of ether oxygens (including phenoxy) is 1. The maximum absolute atomic E-state index is 12.3. The Kier molecular flexibility index (Phi) is 5.95. The van der Waals surface area contributed by atoms with Gasteiger partial charge in [-0.2, -0.15) is 13.2 Å². The summed E-state index contributed by atoms with van der Waals surface area (Å²) in [7, 11) is 0. The fourth-order valence-electron chi connectivity index (χ4n) is 2.12. The molecule has 0 saturated carbocycles. The molecule has 0 fully saturated rings. The molecule has 0 amide bonds. The van der Waals surface area contributed by atoms with E-state index in [0.717, 1.165) is 5.56 Å². The summed E-state index contributed by atoms with van der Waals surface area (Å²) in [6, 6.07) is 7.07. The van der Waals surface area contributed by atoms with Gasteiger partial charge in [0, 0.05) is 12.4 Å². The van der Waals surface area contributed by atoms with Gasteiger partial charge in [0.1, 0.15) is 0 Å². The maximum Gasteiger partial charge on any atom is 0.392 e. The van der Waals surface area contributed by atoms with Crippen LogP contribution in [0.1, 0.15) is 25.8 Å². The summed E-state index contributed by atoms with van der Waals surface area (Å²) >= 11 is 0. The van der Waals surface area contributed by atoms with Crippen LogP contribution in [0.5, 0.6) is 5.88 Å². The number of hydrogen-bond donors (Lipinski definition) is 0. The molecule has 0 aromatic carbocycles. The van der Waals surface area contributed by atoms with Gasteiger partial charge in [0.05, 0.1) is 18.6 Å². The highest BCUT2D eigenvalue weighted by molar-refractivity contribution is 5.64. The molecule has 0 aliphatic carbocycles. The van der Waals surface area contributed by atoms with Crippen molar-refractivity contribution in [2.45, 2.75) is 33.4 Å². The lowest BCUT2D eigenvalue weighted by Gasteiger charge is -2.10. The van der Waals surface area contributed by atoms with Crippen LogP contribution in [-0.4, -0.2) is 32.4 Å². The molecule has 134 valence electrons. The van der Waals surface area contributed by atoms with Crippen molar-refractivity contribution in [2.75, 3.05) is 6.61 Å². The number of halogens is 3. The van der Waals surface area contributed by atoms with Gasteiger partial charge in [0.2, 0.25) is 5.88 Å². The van der Waals surface area contributed by atoms with Crippen molar-refractivity contribution in [3.8, 4) is 17.3 Å². The monoisotopic (exact) mass is 352 g/mol. The van der Waals surface area contributed by atoms with Gasteiger partial charge in [0.25, 0.3) is 0 Å². The van der Waals surface area contributed by atoms with E-state index >= 15 is 0 Å². The Morgan fingerprint density at radius 3 is 2.60 bits per heavy atom. The zero-order valence-electron chi connectivity index (χ0n) is 14.2. The standard InChI is InChI=1S/C15H13F3N4O.C2H6/c1-10-4-5-12-20-21-13(22(12)9-10)11-3-2-7-19-14(11)23-8-6-15(16,17)18;1-2/h2-5,7,9H,6,8H2,1H3;1-2H3. The second-order valence-electron chi connectivity index (χ2n) is 5.03. The Labute approximate surface area is 143 Å². The Bertz CT molecular complexity index is 830. The molecule has 0 aliphatic heterocycles. The summed E-state index contributed by atoms with van der Waals surface area (Å²) in [4.78, 5) is 4.01. The minimum atomic E-state index is -4.27. The number of pyridine rings is 2. The van der Waals surface area contributed by atoms with Crippen LogP contribution >= 0.6 is 0 Å². The molecule has 0 unspecified atom stereocenters. The quantitative estimate of drug-likeness (QED) is 0.696. The Morgan fingerprint density at radius 1 is 1.12 bits per heavy atom. The van der Waals surface area contributed by atoms with Gasteiger partial charge in [-0.25, -0.2) is 4.98 Å². The fraction of sp³-hybridized carbons (Fsp3) is 0.353. The second-order valence-corrected chi connectivity index (χ2v) is 5.03. The molecule has 25 heavy (non-hydrogen) atoms. The van der Waals surface area contributed by atoms with E-state index < -0.39 is 19.2 Å². The summed E-state index contributed by atoms with van der Waals surface area (Å²) in [5.74, 6) is 0.575. The summed E-state index contributed by atoms with van der Waals surface area (Å²) in [5, 5.41) is 8.14. The highest BCUT2D eigenvalue weighted by atomic mass is 19.4. The van der Waals surface area contributed by atoms with Gasteiger partial charge in [-0.05, 0) is 30.7 Å². The number of hydrogen-bond acceptors (Lipinski definition) is 4. The zero-order valence-corrected chi connectivity index (χ0v) is 14.2. The second kappa shape index (κ2) is 7.96. The summed E-state index contributed by atoms with van der Waals surface area (Å²) in [5.41, 5.74) is 2.13. The third-order valence-electron chi connectivity index (χ3n) is 3.19. The fourth-order valence-corrected chi connectivity index (χ4v) is 2.12. The van der Waals surface area contributed by atoms with Crippen LogP contribution in [0.4, 0.5) is 13.2 Å². The normalized spacial score (nSPS) is 11.1. The van der Waals surface area contributed by atoms with Crippen molar-refractivity contribution < 1.29 is 17.9 Å². The molecule has 3 heterocycles. The lowest BCUT2D eigenvalue weighted by atomic mass is 10.2. The van der Waals surface area contributed by atoms with Crippen molar-refractivity contribution in [1.29, 1.82) is 0 Å². The lowest BCUT2D eigenvalue weighted by Crippen LogP contribution is -2.13. The highest BCUT2D eigenvalue weighted by Crippen LogP contribution is 2.28. The Balaban J connectivity index is 0.00000109. The van der Waals surface area contributed by atoms with E-state index in [1.807, 2.05) is 39.1 Å².